The average molecular weight is 571 g/mol. The zero-order valence-electron chi connectivity index (χ0n) is 25.3. The van der Waals surface area contributed by atoms with Crippen molar-refractivity contribution in [1.29, 1.82) is 0 Å². The van der Waals surface area contributed by atoms with Gasteiger partial charge in [-0.05, 0) is 30.5 Å². The molecule has 7 nitrogen and oxygen atoms in total. The summed E-state index contributed by atoms with van der Waals surface area (Å²) >= 11 is 0. The Morgan fingerprint density at radius 1 is 0.821 bits per heavy atom. The third kappa shape index (κ3) is 21.2. The van der Waals surface area contributed by atoms with Crippen LogP contribution in [0.25, 0.3) is 0 Å². The molecule has 39 heavy (non-hydrogen) atoms. The van der Waals surface area contributed by atoms with Gasteiger partial charge in [-0.25, -0.2) is 0 Å². The van der Waals surface area contributed by atoms with Crippen molar-refractivity contribution in [1.82, 2.24) is 0 Å². The van der Waals surface area contributed by atoms with Crippen LogP contribution in [0.5, 0.6) is 5.75 Å². The van der Waals surface area contributed by atoms with Gasteiger partial charge in [0.05, 0.1) is 33.9 Å². The van der Waals surface area contributed by atoms with E-state index in [9.17, 15) is 9.69 Å². The minimum Gasteiger partial charge on any atom is -0.490 e. The molecule has 2 N–H and O–H groups in total. The highest BCUT2D eigenvalue weighted by molar-refractivity contribution is 7.40. The summed E-state index contributed by atoms with van der Waals surface area (Å²) < 4.78 is 22.0. The van der Waals surface area contributed by atoms with Crippen LogP contribution in [0.1, 0.15) is 109 Å². The molecule has 1 aromatic rings. The maximum absolute atomic E-state index is 11.8. The molecule has 1 aromatic carbocycles. The van der Waals surface area contributed by atoms with Crippen LogP contribution in [0.4, 0.5) is 0 Å². The number of carbonyl (C=O) groups is 1. The van der Waals surface area contributed by atoms with Crippen molar-refractivity contribution < 1.29 is 33.1 Å². The summed E-state index contributed by atoms with van der Waals surface area (Å²) in [5.41, 5.74) is 1.31. The topological polar surface area (TPSA) is 78.7 Å². The highest BCUT2D eigenvalue weighted by Crippen LogP contribution is 2.33. The Morgan fingerprint density at radius 2 is 1.41 bits per heavy atom. The van der Waals surface area contributed by atoms with E-state index in [1.165, 1.54) is 87.5 Å². The van der Waals surface area contributed by atoms with Gasteiger partial charge in [0.2, 0.25) is 0 Å². The molecule has 2 unspecified atom stereocenters. The van der Waals surface area contributed by atoms with Crippen molar-refractivity contribution >= 4 is 14.6 Å². The van der Waals surface area contributed by atoms with E-state index in [2.05, 4.69) is 33.2 Å². The van der Waals surface area contributed by atoms with E-state index in [-0.39, 0.29) is 25.6 Å². The minimum absolute atomic E-state index is 0.0178. The van der Waals surface area contributed by atoms with Gasteiger partial charge in [-0.1, -0.05) is 96.6 Å². The highest BCUT2D eigenvalue weighted by atomic mass is 31.2. The van der Waals surface area contributed by atoms with Crippen LogP contribution in [0.3, 0.4) is 0 Å². The lowest BCUT2D eigenvalue weighted by Gasteiger charge is -2.20. The predicted molar refractivity (Wildman–Crippen MR) is 160 cm³/mol. The summed E-state index contributed by atoms with van der Waals surface area (Å²) in [5.74, 6) is 0.391. The molecule has 0 aliphatic heterocycles. The molecular weight excluding hydrogens is 513 g/mol. The maximum Gasteiger partial charge on any atom is 0.329 e. The number of benzene rings is 1. The van der Waals surface area contributed by atoms with Crippen LogP contribution >= 0.6 is 8.60 Å². The molecule has 0 bridgehead atoms. The van der Waals surface area contributed by atoms with Crippen molar-refractivity contribution in [2.45, 2.75) is 116 Å². The Hall–Kier alpha value is -1.24. The number of carbonyl (C=O) groups excluding carboxylic acids is 1. The second-order valence-corrected chi connectivity index (χ2v) is 11.7. The molecule has 0 aliphatic rings. The van der Waals surface area contributed by atoms with Crippen molar-refractivity contribution in [3.05, 3.63) is 29.8 Å². The molecule has 0 amide bonds. The van der Waals surface area contributed by atoms with Gasteiger partial charge in [-0.3, -0.25) is 4.79 Å². The molecule has 0 aliphatic carbocycles. The van der Waals surface area contributed by atoms with Crippen LogP contribution < -0.4 is 9.64 Å². The minimum atomic E-state index is -2.01. The van der Waals surface area contributed by atoms with E-state index in [1.54, 1.807) is 6.92 Å². The van der Waals surface area contributed by atoms with E-state index in [1.807, 2.05) is 12.1 Å². The maximum atomic E-state index is 11.8. The largest absolute Gasteiger partial charge is 0.490 e. The van der Waals surface area contributed by atoms with Gasteiger partial charge in [0.1, 0.15) is 12.4 Å². The lowest BCUT2D eigenvalue weighted by Crippen LogP contribution is -3.05. The molecule has 0 heterocycles. The number of rotatable bonds is 26. The van der Waals surface area contributed by atoms with Crippen LogP contribution in [0.15, 0.2) is 24.3 Å². The predicted octanol–water partition coefficient (Wildman–Crippen LogP) is 6.42. The summed E-state index contributed by atoms with van der Waals surface area (Å²) in [6.45, 7) is 5.56. The van der Waals surface area contributed by atoms with Gasteiger partial charge in [-0.2, -0.15) is 0 Å². The Bertz CT molecular complexity index is 703. The zero-order valence-corrected chi connectivity index (χ0v) is 26.2. The monoisotopic (exact) mass is 570 g/mol. The molecule has 0 saturated heterocycles. The molecule has 2 atom stereocenters. The first kappa shape index (κ1) is 35.8. The molecule has 0 fully saturated rings. The summed E-state index contributed by atoms with van der Waals surface area (Å²) in [6.07, 6.45) is 17.9. The lowest BCUT2D eigenvalue weighted by molar-refractivity contribution is -0.858. The number of quaternary nitrogens is 1. The first-order valence-electron chi connectivity index (χ1n) is 15.4. The summed E-state index contributed by atoms with van der Waals surface area (Å²) in [6, 6.07) is 8.13. The Morgan fingerprint density at radius 3 is 1.97 bits per heavy atom. The van der Waals surface area contributed by atoms with E-state index in [0.29, 0.717) is 6.61 Å². The van der Waals surface area contributed by atoms with Crippen LogP contribution in [-0.2, 0) is 25.0 Å². The summed E-state index contributed by atoms with van der Waals surface area (Å²) in [5, 5.41) is 0. The normalized spacial score (nSPS) is 13.0. The Labute approximate surface area is 239 Å². The lowest BCUT2D eigenvalue weighted by atomic mass is 10.0. The zero-order chi connectivity index (χ0) is 28.6. The molecule has 0 saturated carbocycles. The number of aryl methyl sites for hydroxylation is 1. The third-order valence-corrected chi connectivity index (χ3v) is 7.43. The molecule has 0 spiro atoms. The fraction of sp³-hybridized carbons (Fsp3) is 0.774. The molecule has 1 rings (SSSR count). The van der Waals surface area contributed by atoms with Gasteiger partial charge in [0.15, 0.2) is 6.10 Å². The van der Waals surface area contributed by atoms with Gasteiger partial charge in [-0.15, -0.1) is 0 Å². The quantitative estimate of drug-likeness (QED) is 0.0761. The number of hydrogen-bond acceptors (Lipinski definition) is 6. The van der Waals surface area contributed by atoms with Crippen molar-refractivity contribution in [2.24, 2.45) is 0 Å². The Balaban J connectivity index is 2.23. The van der Waals surface area contributed by atoms with Crippen molar-refractivity contribution in [2.75, 3.05) is 40.5 Å². The molecule has 0 radical (unpaired) electrons. The molecule has 226 valence electrons. The highest BCUT2D eigenvalue weighted by Gasteiger charge is 2.18. The number of hydrogen-bond donors (Lipinski definition) is 2. The Kier molecular flexibility index (Phi) is 22.5. The SMILES string of the molecule is CCCCCCCCCCCCCCc1ccc(OCC(COP(O)OCCC[NH+](C)C)OC(=O)CC)cc1. The van der Waals surface area contributed by atoms with Gasteiger partial charge >= 0.3 is 14.6 Å². The average Bonchev–Trinajstić information content (AvgIpc) is 2.93. The smallest absolute Gasteiger partial charge is 0.329 e. The standard InChI is InChI=1S/C31H56NO6P/c1-5-7-8-9-10-11-12-13-14-15-16-17-19-28-20-22-29(23-21-28)35-26-30(38-31(33)6-2)27-37-39(34)36-25-18-24-32(3)4/h20-23,30,34H,5-19,24-27H2,1-4H3/p+1. The van der Waals surface area contributed by atoms with Gasteiger partial charge in [0.25, 0.3) is 0 Å². The van der Waals surface area contributed by atoms with Gasteiger partial charge < -0.3 is 28.3 Å². The van der Waals surface area contributed by atoms with Crippen LogP contribution in [0.2, 0.25) is 0 Å². The molecular formula is C31H57NO6P+. The van der Waals surface area contributed by atoms with Crippen molar-refractivity contribution in [3.8, 4) is 5.75 Å². The number of esters is 1. The first-order chi connectivity index (χ1) is 18.9. The number of unbranched alkanes of at least 4 members (excludes halogenated alkanes) is 11. The van der Waals surface area contributed by atoms with E-state index in [0.717, 1.165) is 25.1 Å². The molecule has 0 aromatic heterocycles. The molecule has 8 heteroatoms. The second kappa shape index (κ2) is 24.5. The number of nitrogens with one attached hydrogen (secondary N) is 1. The van der Waals surface area contributed by atoms with Gasteiger partial charge in [0, 0.05) is 12.8 Å². The van der Waals surface area contributed by atoms with E-state index in [4.69, 9.17) is 18.5 Å². The van der Waals surface area contributed by atoms with Crippen LogP contribution in [-0.4, -0.2) is 57.4 Å². The summed E-state index contributed by atoms with van der Waals surface area (Å²) in [7, 11) is 2.12. The van der Waals surface area contributed by atoms with E-state index < -0.39 is 14.7 Å². The number of ether oxygens (including phenoxy) is 2. The second-order valence-electron chi connectivity index (χ2n) is 10.7. The van der Waals surface area contributed by atoms with E-state index >= 15 is 0 Å². The summed E-state index contributed by atoms with van der Waals surface area (Å²) in [4.78, 5) is 23.1. The fourth-order valence-electron chi connectivity index (χ4n) is 4.25. The van der Waals surface area contributed by atoms with Crippen LogP contribution in [0, 0.1) is 0 Å². The third-order valence-electron chi connectivity index (χ3n) is 6.66. The first-order valence-corrected chi connectivity index (χ1v) is 16.5. The van der Waals surface area contributed by atoms with Crippen molar-refractivity contribution in [3.63, 3.8) is 0 Å². The fourth-order valence-corrected chi connectivity index (χ4v) is 4.90.